The number of hydrazone groups is 1. The first-order valence-corrected chi connectivity index (χ1v) is 10.7. The zero-order chi connectivity index (χ0) is 24.4. The van der Waals surface area contributed by atoms with E-state index in [0.717, 1.165) is 24.0 Å². The van der Waals surface area contributed by atoms with Gasteiger partial charge in [-0.15, -0.1) is 0 Å². The van der Waals surface area contributed by atoms with Gasteiger partial charge in [0, 0.05) is 18.0 Å². The fourth-order valence-corrected chi connectivity index (χ4v) is 3.73. The molecule has 5 aromatic rings. The van der Waals surface area contributed by atoms with Crippen molar-refractivity contribution in [3.8, 4) is 16.9 Å². The van der Waals surface area contributed by atoms with Gasteiger partial charge >= 0.3 is 0 Å². The Morgan fingerprint density at radius 3 is 2.51 bits per heavy atom. The number of carbonyl (C=O) groups is 1. The quantitative estimate of drug-likeness (QED) is 0.296. The van der Waals surface area contributed by atoms with Crippen LogP contribution in [0.15, 0.2) is 84.2 Å². The number of nitrogens with one attached hydrogen (secondary N) is 1. The highest BCUT2D eigenvalue weighted by Gasteiger charge is 2.21. The normalized spacial score (nSPS) is 11.3. The molecule has 3 aromatic heterocycles. The van der Waals surface area contributed by atoms with Crippen molar-refractivity contribution in [3.63, 3.8) is 0 Å². The van der Waals surface area contributed by atoms with Crippen molar-refractivity contribution < 1.29 is 13.6 Å². The number of rotatable bonds is 5. The van der Waals surface area contributed by atoms with Gasteiger partial charge in [0.15, 0.2) is 5.65 Å². The Morgan fingerprint density at radius 2 is 1.80 bits per heavy atom. The van der Waals surface area contributed by atoms with E-state index in [0.29, 0.717) is 28.0 Å². The predicted octanol–water partition coefficient (Wildman–Crippen LogP) is 4.83. The van der Waals surface area contributed by atoms with E-state index in [1.165, 1.54) is 6.07 Å². The molecule has 7 nitrogen and oxygen atoms in total. The maximum atomic E-state index is 13.9. The summed E-state index contributed by atoms with van der Waals surface area (Å²) in [7, 11) is 0. The number of para-hydroxylation sites is 1. The van der Waals surface area contributed by atoms with Gasteiger partial charge in [0.2, 0.25) is 0 Å². The number of benzene rings is 2. The van der Waals surface area contributed by atoms with E-state index in [1.807, 2.05) is 36.4 Å². The lowest BCUT2D eigenvalue weighted by molar-refractivity contribution is 0.0956. The minimum atomic E-state index is -0.784. The molecule has 172 valence electrons. The highest BCUT2D eigenvalue weighted by molar-refractivity contribution is 6.08. The van der Waals surface area contributed by atoms with Gasteiger partial charge in [0.1, 0.15) is 11.6 Å². The van der Waals surface area contributed by atoms with Crippen LogP contribution in [0.5, 0.6) is 0 Å². The number of carbonyl (C=O) groups excluding carboxylic acids is 1. The SMILES string of the molecule is Cc1nn(-c2ccccc2)c2nc(-c3cccnc3)cc(C(=O)N/N=C\c3c(F)cccc3F)c12. The summed E-state index contributed by atoms with van der Waals surface area (Å²) in [6.45, 7) is 1.78. The Hall–Kier alpha value is -4.79. The molecule has 0 radical (unpaired) electrons. The van der Waals surface area contributed by atoms with Crippen molar-refractivity contribution in [1.29, 1.82) is 0 Å². The Balaban J connectivity index is 1.61. The average Bonchev–Trinajstić information content (AvgIpc) is 3.22. The van der Waals surface area contributed by atoms with Crippen molar-refractivity contribution in [1.82, 2.24) is 25.2 Å². The summed E-state index contributed by atoms with van der Waals surface area (Å²) in [5.74, 6) is -2.15. The number of amides is 1. The largest absolute Gasteiger partial charge is 0.272 e. The van der Waals surface area contributed by atoms with Crippen LogP contribution in [0.25, 0.3) is 28.0 Å². The molecule has 0 bridgehead atoms. The fraction of sp³-hybridized carbons (Fsp3) is 0.0385. The first-order valence-electron chi connectivity index (χ1n) is 10.7. The highest BCUT2D eigenvalue weighted by atomic mass is 19.1. The smallest absolute Gasteiger partial charge is 0.267 e. The average molecular weight is 468 g/mol. The molecule has 35 heavy (non-hydrogen) atoms. The second-order valence-electron chi connectivity index (χ2n) is 7.66. The van der Waals surface area contributed by atoms with Crippen molar-refractivity contribution >= 4 is 23.2 Å². The molecule has 1 amide bonds. The number of nitrogens with zero attached hydrogens (tertiary/aromatic N) is 5. The lowest BCUT2D eigenvalue weighted by Crippen LogP contribution is -2.19. The van der Waals surface area contributed by atoms with Gasteiger partial charge in [-0.25, -0.2) is 23.9 Å². The summed E-state index contributed by atoms with van der Waals surface area (Å²) < 4.78 is 29.5. The zero-order valence-corrected chi connectivity index (χ0v) is 18.5. The minimum Gasteiger partial charge on any atom is -0.267 e. The predicted molar refractivity (Wildman–Crippen MR) is 128 cm³/mol. The molecule has 0 saturated heterocycles. The maximum absolute atomic E-state index is 13.9. The van der Waals surface area contributed by atoms with Gasteiger partial charge in [0.25, 0.3) is 5.91 Å². The van der Waals surface area contributed by atoms with Crippen LogP contribution in [-0.4, -0.2) is 31.9 Å². The Kier molecular flexibility index (Phi) is 5.80. The third-order valence-corrected chi connectivity index (χ3v) is 5.37. The lowest BCUT2D eigenvalue weighted by Gasteiger charge is -2.08. The van der Waals surface area contributed by atoms with Crippen LogP contribution in [0.3, 0.4) is 0 Å². The maximum Gasteiger partial charge on any atom is 0.272 e. The van der Waals surface area contributed by atoms with Crippen molar-refractivity contribution in [2.45, 2.75) is 6.92 Å². The van der Waals surface area contributed by atoms with Crippen LogP contribution in [0, 0.1) is 18.6 Å². The van der Waals surface area contributed by atoms with E-state index >= 15 is 0 Å². The van der Waals surface area contributed by atoms with Crippen LogP contribution in [0.4, 0.5) is 8.78 Å². The number of hydrogen-bond acceptors (Lipinski definition) is 5. The van der Waals surface area contributed by atoms with E-state index < -0.39 is 17.5 Å². The number of fused-ring (bicyclic) bond motifs is 1. The number of aromatic nitrogens is 4. The van der Waals surface area contributed by atoms with Crippen LogP contribution in [0.1, 0.15) is 21.6 Å². The van der Waals surface area contributed by atoms with Crippen molar-refractivity contribution in [2.24, 2.45) is 5.10 Å². The van der Waals surface area contributed by atoms with Crippen LogP contribution < -0.4 is 5.43 Å². The number of halogens is 2. The van der Waals surface area contributed by atoms with Crippen molar-refractivity contribution in [3.05, 3.63) is 108 Å². The molecule has 0 fully saturated rings. The van der Waals surface area contributed by atoms with E-state index in [1.54, 1.807) is 36.1 Å². The molecule has 0 aliphatic rings. The molecule has 0 aliphatic carbocycles. The Morgan fingerprint density at radius 1 is 1.03 bits per heavy atom. The summed E-state index contributed by atoms with van der Waals surface area (Å²) >= 11 is 0. The summed E-state index contributed by atoms with van der Waals surface area (Å²) in [5, 5.41) is 8.92. The molecular weight excluding hydrogens is 450 g/mol. The van der Waals surface area contributed by atoms with E-state index in [2.05, 4.69) is 20.6 Å². The molecule has 9 heteroatoms. The third-order valence-electron chi connectivity index (χ3n) is 5.37. The van der Waals surface area contributed by atoms with Gasteiger partial charge < -0.3 is 0 Å². The molecular formula is C26H18F2N6O. The first kappa shape index (κ1) is 22.0. The summed E-state index contributed by atoms with van der Waals surface area (Å²) in [6, 6.07) is 18.1. The van der Waals surface area contributed by atoms with Gasteiger partial charge in [-0.1, -0.05) is 24.3 Å². The topological polar surface area (TPSA) is 85.1 Å². The van der Waals surface area contributed by atoms with Gasteiger partial charge in [-0.3, -0.25) is 9.78 Å². The summed E-state index contributed by atoms with van der Waals surface area (Å²) in [5.41, 5.74) is 5.34. The van der Waals surface area contributed by atoms with Gasteiger partial charge in [0.05, 0.1) is 39.8 Å². The molecule has 3 heterocycles. The third kappa shape index (κ3) is 4.26. The highest BCUT2D eigenvalue weighted by Crippen LogP contribution is 2.28. The second kappa shape index (κ2) is 9.22. The van der Waals surface area contributed by atoms with Crippen LogP contribution in [-0.2, 0) is 0 Å². The van der Waals surface area contributed by atoms with E-state index in [-0.39, 0.29) is 11.1 Å². The number of aryl methyl sites for hydroxylation is 1. The first-order chi connectivity index (χ1) is 17.0. The summed E-state index contributed by atoms with van der Waals surface area (Å²) in [6.07, 6.45) is 4.22. The fourth-order valence-electron chi connectivity index (χ4n) is 3.73. The van der Waals surface area contributed by atoms with E-state index in [9.17, 15) is 13.6 Å². The minimum absolute atomic E-state index is 0.264. The number of hydrogen-bond donors (Lipinski definition) is 1. The molecule has 0 unspecified atom stereocenters. The van der Waals surface area contributed by atoms with Gasteiger partial charge in [-0.05, 0) is 49.4 Å². The van der Waals surface area contributed by atoms with Gasteiger partial charge in [-0.2, -0.15) is 10.2 Å². The second-order valence-corrected chi connectivity index (χ2v) is 7.66. The molecule has 1 N–H and O–H groups in total. The molecule has 0 saturated carbocycles. The van der Waals surface area contributed by atoms with Crippen LogP contribution in [0.2, 0.25) is 0 Å². The van der Waals surface area contributed by atoms with E-state index in [4.69, 9.17) is 4.98 Å². The monoisotopic (exact) mass is 468 g/mol. The Labute approximate surface area is 198 Å². The molecule has 2 aromatic carbocycles. The van der Waals surface area contributed by atoms with Crippen molar-refractivity contribution in [2.75, 3.05) is 0 Å². The zero-order valence-electron chi connectivity index (χ0n) is 18.5. The Bertz CT molecular complexity index is 1550. The lowest BCUT2D eigenvalue weighted by atomic mass is 10.1. The molecule has 0 atom stereocenters. The molecule has 0 aliphatic heterocycles. The van der Waals surface area contributed by atoms with Crippen LogP contribution >= 0.6 is 0 Å². The number of pyridine rings is 2. The molecule has 0 spiro atoms. The standard InChI is InChI=1S/C26H18F2N6O/c1-16-24-19(26(35)32-30-15-20-21(27)10-5-11-22(20)28)13-23(17-7-6-12-29-14-17)31-25(24)34(33-16)18-8-3-2-4-9-18/h2-15H,1H3,(H,32,35)/b30-15-. The summed E-state index contributed by atoms with van der Waals surface area (Å²) in [4.78, 5) is 22.1. The molecule has 5 rings (SSSR count).